The predicted molar refractivity (Wildman–Crippen MR) is 188 cm³/mol. The number of nitrogens with zero attached hydrogens (tertiary/aromatic N) is 2. The van der Waals surface area contributed by atoms with Gasteiger partial charge >= 0.3 is 0 Å². The predicted octanol–water partition coefficient (Wildman–Crippen LogP) is 1.62. The maximum absolute atomic E-state index is 12.8. The Morgan fingerprint density at radius 1 is 0.608 bits per heavy atom. The summed E-state index contributed by atoms with van der Waals surface area (Å²) < 4.78 is 0. The Morgan fingerprint density at radius 3 is 1.88 bits per heavy atom. The molecule has 3 unspecified atom stereocenters. The van der Waals surface area contributed by atoms with E-state index >= 15 is 0 Å². The van der Waals surface area contributed by atoms with Gasteiger partial charge in [-0.25, -0.2) is 0 Å². The number of hydrogen-bond donors (Lipinski definition) is 4. The fourth-order valence-electron chi connectivity index (χ4n) is 7.50. The lowest BCUT2D eigenvalue weighted by Gasteiger charge is -2.35. The average Bonchev–Trinajstić information content (AvgIpc) is 3.08. The van der Waals surface area contributed by atoms with Gasteiger partial charge < -0.3 is 25.8 Å². The molecule has 4 N–H and O–H groups in total. The topological polar surface area (TPSA) is 191 Å². The summed E-state index contributed by atoms with van der Waals surface area (Å²) in [7, 11) is 0. The number of nitrogens with one attached hydrogen (secondary N) is 4. The first-order valence-corrected chi connectivity index (χ1v) is 19.3. The molecule has 0 aliphatic carbocycles. The van der Waals surface area contributed by atoms with Crippen molar-refractivity contribution in [1.82, 2.24) is 31.1 Å². The van der Waals surface area contributed by atoms with Crippen LogP contribution in [0.4, 0.5) is 0 Å². The van der Waals surface area contributed by atoms with Gasteiger partial charge in [-0.2, -0.15) is 0 Å². The number of fused-ring (bicyclic) bond motifs is 4. The number of ketones is 4. The Labute approximate surface area is 301 Å². The molecule has 0 saturated carbocycles. The maximum Gasteiger partial charge on any atom is 0.240 e. The zero-order valence-electron chi connectivity index (χ0n) is 30.1. The Hall–Kier alpha value is -3.52. The third-order valence-electron chi connectivity index (χ3n) is 10.4. The number of rotatable bonds is 16. The van der Waals surface area contributed by atoms with Crippen molar-refractivity contribution in [2.45, 2.75) is 153 Å². The number of carbonyl (C=O) groups excluding carboxylic acids is 8. The summed E-state index contributed by atoms with van der Waals surface area (Å²) in [6.45, 7) is 2.01. The Bertz CT molecular complexity index is 1180. The molecule has 14 nitrogen and oxygen atoms in total. The summed E-state index contributed by atoms with van der Waals surface area (Å²) in [5.41, 5.74) is 0. The number of piperidine rings is 2. The first-order valence-electron chi connectivity index (χ1n) is 19.3. The van der Waals surface area contributed by atoms with Gasteiger partial charge in [0.05, 0.1) is 31.3 Å². The largest absolute Gasteiger partial charge is 0.356 e. The monoisotopic (exact) mass is 714 g/mol. The minimum atomic E-state index is -0.421. The van der Waals surface area contributed by atoms with Crippen LogP contribution >= 0.6 is 0 Å². The van der Waals surface area contributed by atoms with Crippen LogP contribution in [0.15, 0.2) is 0 Å². The van der Waals surface area contributed by atoms with Gasteiger partial charge in [0.1, 0.15) is 11.6 Å². The molecular formula is C37H58N6O8. The van der Waals surface area contributed by atoms with E-state index < -0.39 is 12.2 Å². The zero-order chi connectivity index (χ0) is 36.6. The van der Waals surface area contributed by atoms with E-state index in [0.29, 0.717) is 83.8 Å². The summed E-state index contributed by atoms with van der Waals surface area (Å²) in [5, 5.41) is 12.4. The molecule has 4 amide bonds. The molecule has 0 aromatic rings. The van der Waals surface area contributed by atoms with Crippen LogP contribution in [0, 0.1) is 0 Å². The number of Topliss-reactive ketones (excluding diaryl/α,β-unsaturated/α-hetero) is 4. The van der Waals surface area contributed by atoms with Crippen LogP contribution in [0.25, 0.3) is 0 Å². The van der Waals surface area contributed by atoms with Crippen molar-refractivity contribution in [2.75, 3.05) is 32.7 Å². The van der Waals surface area contributed by atoms with Crippen LogP contribution in [0.1, 0.15) is 128 Å². The van der Waals surface area contributed by atoms with Gasteiger partial charge in [-0.3, -0.25) is 43.7 Å². The van der Waals surface area contributed by atoms with Crippen molar-refractivity contribution < 1.29 is 38.4 Å². The molecule has 4 aliphatic rings. The lowest BCUT2D eigenvalue weighted by Crippen LogP contribution is -2.58. The van der Waals surface area contributed by atoms with Crippen molar-refractivity contribution in [3.8, 4) is 0 Å². The normalized spacial score (nSPS) is 24.9. The van der Waals surface area contributed by atoms with Crippen LogP contribution in [-0.2, 0) is 38.4 Å². The van der Waals surface area contributed by atoms with E-state index in [-0.39, 0.29) is 104 Å². The highest BCUT2D eigenvalue weighted by molar-refractivity contribution is 5.90. The number of unbranched alkanes of at least 4 members (excludes halogenated alkanes) is 3. The van der Waals surface area contributed by atoms with Gasteiger partial charge in [0, 0.05) is 77.0 Å². The molecule has 284 valence electrons. The molecule has 14 heteroatoms. The van der Waals surface area contributed by atoms with Crippen LogP contribution < -0.4 is 21.3 Å². The molecule has 0 radical (unpaired) electrons. The molecule has 4 aliphatic heterocycles. The number of hydrogen-bond acceptors (Lipinski definition) is 10. The van der Waals surface area contributed by atoms with Crippen molar-refractivity contribution in [2.24, 2.45) is 0 Å². The van der Waals surface area contributed by atoms with E-state index in [9.17, 15) is 38.4 Å². The first-order chi connectivity index (χ1) is 24.6. The van der Waals surface area contributed by atoms with E-state index in [1.165, 1.54) is 0 Å². The molecule has 4 heterocycles. The van der Waals surface area contributed by atoms with E-state index in [1.54, 1.807) is 9.80 Å². The van der Waals surface area contributed by atoms with Crippen molar-refractivity contribution >= 4 is 46.8 Å². The summed E-state index contributed by atoms with van der Waals surface area (Å²) in [6, 6.07) is -0.977. The molecule has 0 aromatic heterocycles. The Kier molecular flexibility index (Phi) is 16.7. The number of amides is 4. The SMILES string of the molecule is O=C(CCCCCCNC(=O)CCC(=O)CC1CCCC(=O)CN2CCCC(N1)C2=O)CCC(=O)NC1CCCC(=O)CN2CCC[C@@H](N1)C2=O. The summed E-state index contributed by atoms with van der Waals surface area (Å²) in [5.74, 6) is -0.505. The molecular weight excluding hydrogens is 656 g/mol. The third kappa shape index (κ3) is 14.2. The highest BCUT2D eigenvalue weighted by Crippen LogP contribution is 2.19. The summed E-state index contributed by atoms with van der Waals surface area (Å²) in [6.07, 6.45) is 10.0. The lowest BCUT2D eigenvalue weighted by atomic mass is 9.95. The van der Waals surface area contributed by atoms with Crippen molar-refractivity contribution in [3.05, 3.63) is 0 Å². The first kappa shape index (κ1) is 40.3. The van der Waals surface area contributed by atoms with E-state index in [2.05, 4.69) is 21.3 Å². The fraction of sp³-hybridized carbons (Fsp3) is 0.784. The quantitative estimate of drug-likeness (QED) is 0.171. The molecule has 0 aromatic carbocycles. The smallest absolute Gasteiger partial charge is 0.240 e. The van der Waals surface area contributed by atoms with Crippen molar-refractivity contribution in [3.63, 3.8) is 0 Å². The Balaban J connectivity index is 1.02. The fourth-order valence-corrected chi connectivity index (χ4v) is 7.50. The highest BCUT2D eigenvalue weighted by Gasteiger charge is 2.34. The van der Waals surface area contributed by atoms with Gasteiger partial charge in [0.25, 0.3) is 0 Å². The van der Waals surface area contributed by atoms with Gasteiger partial charge in [-0.1, -0.05) is 12.8 Å². The summed E-state index contributed by atoms with van der Waals surface area (Å²) in [4.78, 5) is 103. The minimum absolute atomic E-state index is 0.0205. The van der Waals surface area contributed by atoms with Crippen molar-refractivity contribution in [1.29, 1.82) is 0 Å². The second-order valence-electron chi connectivity index (χ2n) is 14.7. The van der Waals surface area contributed by atoms with E-state index in [0.717, 1.165) is 32.1 Å². The van der Waals surface area contributed by atoms with E-state index in [4.69, 9.17) is 0 Å². The second kappa shape index (κ2) is 21.1. The molecule has 51 heavy (non-hydrogen) atoms. The standard InChI is InChI=1S/C37H58N6O8/c44-27(16-19-35(49)41-33-15-6-12-30(47)25-43-22-8-14-32(40-33)37(43)51)10-3-1-2-4-20-38-34(48)18-17-28(45)23-26-9-5-11-29(46)24-42-21-7-13-31(39-26)36(42)50/h26,31-33,39-40H,1-25H2,(H,38,48)(H,41,49)/t26?,31?,32-,33?/m1/s1. The van der Waals surface area contributed by atoms with Crippen LogP contribution in [0.2, 0.25) is 0 Å². The van der Waals surface area contributed by atoms with Gasteiger partial charge in [-0.05, 0) is 64.2 Å². The maximum atomic E-state index is 12.8. The van der Waals surface area contributed by atoms with Crippen LogP contribution in [0.3, 0.4) is 0 Å². The Morgan fingerprint density at radius 2 is 1.20 bits per heavy atom. The average molecular weight is 715 g/mol. The molecule has 4 rings (SSSR count). The summed E-state index contributed by atoms with van der Waals surface area (Å²) >= 11 is 0. The van der Waals surface area contributed by atoms with E-state index in [1.807, 2.05) is 0 Å². The highest BCUT2D eigenvalue weighted by atomic mass is 16.2. The third-order valence-corrected chi connectivity index (χ3v) is 10.4. The van der Waals surface area contributed by atoms with Gasteiger partial charge in [0.15, 0.2) is 11.6 Å². The second-order valence-corrected chi connectivity index (χ2v) is 14.7. The van der Waals surface area contributed by atoms with Crippen LogP contribution in [0.5, 0.6) is 0 Å². The van der Waals surface area contributed by atoms with Gasteiger partial charge in [-0.15, -0.1) is 0 Å². The molecule has 4 saturated heterocycles. The lowest BCUT2D eigenvalue weighted by molar-refractivity contribution is -0.140. The molecule has 4 bridgehead atoms. The number of carbonyl (C=O) groups is 8. The minimum Gasteiger partial charge on any atom is -0.356 e. The van der Waals surface area contributed by atoms with Gasteiger partial charge in [0.2, 0.25) is 23.6 Å². The molecule has 0 spiro atoms. The van der Waals surface area contributed by atoms with Crippen LogP contribution in [-0.4, -0.2) is 114 Å². The zero-order valence-corrected chi connectivity index (χ0v) is 30.1. The molecule has 4 fully saturated rings. The molecule has 4 atom stereocenters.